The number of rotatable bonds is 8. The molecule has 0 saturated carbocycles. The highest BCUT2D eigenvalue weighted by Gasteiger charge is 2.19. The predicted octanol–water partition coefficient (Wildman–Crippen LogP) is 2.44. The maximum Gasteiger partial charge on any atom is 0.355 e. The number of carbonyl (C=O) groups is 1. The number of nitrogens with one attached hydrogen (secondary N) is 2. The van der Waals surface area contributed by atoms with Gasteiger partial charge in [0, 0.05) is 37.4 Å². The number of H-pyrrole nitrogens is 1. The van der Waals surface area contributed by atoms with Crippen molar-refractivity contribution in [2.45, 2.75) is 19.6 Å². The zero-order chi connectivity index (χ0) is 31.0. The molecule has 0 radical (unpaired) electrons. The van der Waals surface area contributed by atoms with E-state index in [0.717, 1.165) is 4.57 Å². The minimum atomic E-state index is -1.69. The lowest BCUT2D eigenvalue weighted by Crippen LogP contribution is -2.43. The molecule has 0 aliphatic rings. The number of amides is 1. The Hall–Kier alpha value is -5.18. The number of hydrogen-bond acceptors (Lipinski definition) is 7. The number of anilines is 2. The number of hydrogen-bond donors (Lipinski definition) is 2. The maximum absolute atomic E-state index is 14.0. The number of benzene rings is 2. The van der Waals surface area contributed by atoms with E-state index in [1.165, 1.54) is 34.0 Å². The molecule has 1 amide bonds. The van der Waals surface area contributed by atoms with Crippen LogP contribution in [0.1, 0.15) is 11.1 Å². The molecular formula is C27H22ClF3N8O4. The third-order valence-electron chi connectivity index (χ3n) is 6.45. The van der Waals surface area contributed by atoms with Crippen molar-refractivity contribution >= 4 is 40.0 Å². The molecule has 12 nitrogen and oxygen atoms in total. The molecule has 0 fully saturated rings. The van der Waals surface area contributed by atoms with E-state index in [0.29, 0.717) is 27.6 Å². The summed E-state index contributed by atoms with van der Waals surface area (Å²) >= 11 is 6.46. The fraction of sp³-hybridized carbons (Fsp3) is 0.185. The Morgan fingerprint density at radius 2 is 1.77 bits per heavy atom. The van der Waals surface area contributed by atoms with Crippen LogP contribution >= 0.6 is 11.6 Å². The van der Waals surface area contributed by atoms with Crippen LogP contribution in [0.25, 0.3) is 10.9 Å². The summed E-state index contributed by atoms with van der Waals surface area (Å²) in [6, 6.07) is 7.36. The highest BCUT2D eigenvalue weighted by molar-refractivity contribution is 6.34. The van der Waals surface area contributed by atoms with Gasteiger partial charge in [0.15, 0.2) is 17.5 Å². The number of pyridine rings is 1. The molecule has 0 aliphatic carbocycles. The zero-order valence-corrected chi connectivity index (χ0v) is 23.3. The number of halogens is 4. The minimum absolute atomic E-state index is 0.0313. The Morgan fingerprint density at radius 1 is 1.05 bits per heavy atom. The molecule has 0 atom stereocenters. The Bertz CT molecular complexity index is 2050. The monoisotopic (exact) mass is 614 g/mol. The van der Waals surface area contributed by atoms with Crippen LogP contribution in [-0.2, 0) is 24.4 Å². The summed E-state index contributed by atoms with van der Waals surface area (Å²) < 4.78 is 44.6. The van der Waals surface area contributed by atoms with Crippen molar-refractivity contribution in [2.24, 2.45) is 0 Å². The number of aromatic amines is 1. The highest BCUT2D eigenvalue weighted by Crippen LogP contribution is 2.29. The third-order valence-corrected chi connectivity index (χ3v) is 6.76. The number of nitrogens with zero attached hydrogens (tertiary/aromatic N) is 6. The molecule has 0 unspecified atom stereocenters. The first kappa shape index (κ1) is 29.3. The van der Waals surface area contributed by atoms with Gasteiger partial charge in [-0.25, -0.2) is 27.3 Å². The average Bonchev–Trinajstić information content (AvgIpc) is 3.33. The normalized spacial score (nSPS) is 11.2. The van der Waals surface area contributed by atoms with Crippen LogP contribution in [0.15, 0.2) is 63.2 Å². The molecule has 3 aromatic heterocycles. The molecule has 5 rings (SSSR count). The van der Waals surface area contributed by atoms with Gasteiger partial charge in [0.25, 0.3) is 5.56 Å². The summed E-state index contributed by atoms with van der Waals surface area (Å²) in [7, 11) is 3.22. The molecule has 0 spiro atoms. The minimum Gasteiger partial charge on any atom is -0.347 e. The first-order chi connectivity index (χ1) is 20.4. The largest absolute Gasteiger partial charge is 0.355 e. The van der Waals surface area contributed by atoms with E-state index in [2.05, 4.69) is 20.4 Å². The van der Waals surface area contributed by atoms with Gasteiger partial charge < -0.3 is 15.2 Å². The van der Waals surface area contributed by atoms with E-state index in [1.807, 2.05) is 0 Å². The summed E-state index contributed by atoms with van der Waals surface area (Å²) in [5.41, 5.74) is -2.00. The smallest absolute Gasteiger partial charge is 0.347 e. The van der Waals surface area contributed by atoms with E-state index in [4.69, 9.17) is 11.6 Å². The molecule has 222 valence electrons. The molecule has 2 N–H and O–H groups in total. The number of aromatic nitrogens is 6. The number of carbonyl (C=O) groups excluding carboxylic acids is 1. The lowest BCUT2D eigenvalue weighted by Gasteiger charge is -2.16. The summed E-state index contributed by atoms with van der Waals surface area (Å²) in [4.78, 5) is 58.7. The molecule has 3 heterocycles. The summed E-state index contributed by atoms with van der Waals surface area (Å²) in [5.74, 6) is -5.19. The van der Waals surface area contributed by atoms with E-state index in [-0.39, 0.29) is 40.2 Å². The molecule has 43 heavy (non-hydrogen) atoms. The van der Waals surface area contributed by atoms with Gasteiger partial charge in [-0.3, -0.25) is 18.8 Å². The Kier molecular flexibility index (Phi) is 7.91. The molecule has 0 aliphatic heterocycles. The van der Waals surface area contributed by atoms with Crippen molar-refractivity contribution in [3.05, 3.63) is 114 Å². The van der Waals surface area contributed by atoms with Gasteiger partial charge in [-0.2, -0.15) is 10.1 Å². The first-order valence-electron chi connectivity index (χ1n) is 12.6. The molecule has 16 heteroatoms. The quantitative estimate of drug-likeness (QED) is 0.256. The van der Waals surface area contributed by atoms with Crippen molar-refractivity contribution in [1.29, 1.82) is 0 Å². The van der Waals surface area contributed by atoms with E-state index < -0.39 is 47.5 Å². The highest BCUT2D eigenvalue weighted by atomic mass is 35.5. The maximum atomic E-state index is 14.0. The van der Waals surface area contributed by atoms with E-state index in [1.54, 1.807) is 26.4 Å². The Morgan fingerprint density at radius 3 is 2.44 bits per heavy atom. The van der Waals surface area contributed by atoms with Crippen molar-refractivity contribution in [1.82, 2.24) is 33.8 Å². The number of likely N-dealkylation sites (N-methyl/N-ethyl adjacent to an activating group) is 1. The van der Waals surface area contributed by atoms with Gasteiger partial charge in [-0.15, -0.1) is 0 Å². The van der Waals surface area contributed by atoms with Gasteiger partial charge in [0.1, 0.15) is 6.54 Å². The third kappa shape index (κ3) is 6.06. The second-order valence-electron chi connectivity index (χ2n) is 9.70. The molecule has 0 saturated heterocycles. The first-order valence-corrected chi connectivity index (χ1v) is 12.9. The lowest BCUT2D eigenvalue weighted by molar-refractivity contribution is -0.129. The van der Waals surface area contributed by atoms with Crippen LogP contribution in [0.3, 0.4) is 0 Å². The van der Waals surface area contributed by atoms with Crippen molar-refractivity contribution in [2.75, 3.05) is 19.4 Å². The van der Waals surface area contributed by atoms with Crippen molar-refractivity contribution < 1.29 is 18.0 Å². The summed E-state index contributed by atoms with van der Waals surface area (Å²) in [6.07, 6.45) is 2.97. The average molecular weight is 615 g/mol. The van der Waals surface area contributed by atoms with Crippen LogP contribution < -0.4 is 22.3 Å². The zero-order valence-electron chi connectivity index (χ0n) is 22.6. The van der Waals surface area contributed by atoms with Crippen molar-refractivity contribution in [3.63, 3.8) is 0 Å². The topological polar surface area (TPSA) is 140 Å². The summed E-state index contributed by atoms with van der Waals surface area (Å²) in [6.45, 7) is -1.03. The predicted molar refractivity (Wildman–Crippen MR) is 151 cm³/mol. The van der Waals surface area contributed by atoms with Crippen LogP contribution in [0.4, 0.5) is 24.8 Å². The SMILES string of the molecule is CN(C)C(=O)Cn1cc2cc(Nc3nc(=O)n(Cc4ccc[nH]c4=O)c(=O)n3Cc3cc(F)c(F)c(F)c3)c(Cl)cc2n1. The van der Waals surface area contributed by atoms with Gasteiger partial charge in [-0.1, -0.05) is 17.7 Å². The number of fused-ring (bicyclic) bond motifs is 1. The lowest BCUT2D eigenvalue weighted by atomic mass is 10.2. The Balaban J connectivity index is 1.60. The van der Waals surface area contributed by atoms with E-state index in [9.17, 15) is 32.3 Å². The van der Waals surface area contributed by atoms with Crippen LogP contribution in [0.5, 0.6) is 0 Å². The fourth-order valence-electron chi connectivity index (χ4n) is 4.21. The second kappa shape index (κ2) is 11.6. The standard InChI is InChI=1S/C27H22ClF3N8O4/c1-36(2)22(40)13-37-11-16-8-21(17(28)9-20(16)35-37)33-25-34-26(42)39(12-15-4-3-5-32-24(15)41)27(43)38(25)10-14-6-18(29)23(31)19(30)7-14/h3-9,11H,10,12-13H2,1-2H3,(H,32,41)(H,33,34,42). The van der Waals surface area contributed by atoms with Crippen LogP contribution in [0.2, 0.25) is 5.02 Å². The molecule has 0 bridgehead atoms. The molecule has 2 aromatic carbocycles. The van der Waals surface area contributed by atoms with E-state index >= 15 is 0 Å². The second-order valence-corrected chi connectivity index (χ2v) is 10.1. The van der Waals surface area contributed by atoms with Gasteiger partial charge in [0.05, 0.1) is 29.3 Å². The van der Waals surface area contributed by atoms with Crippen molar-refractivity contribution in [3.8, 4) is 0 Å². The molecular weight excluding hydrogens is 593 g/mol. The van der Waals surface area contributed by atoms with Crippen LogP contribution in [-0.4, -0.2) is 53.8 Å². The molecule has 5 aromatic rings. The van der Waals surface area contributed by atoms with Gasteiger partial charge in [-0.05, 0) is 35.9 Å². The fourth-order valence-corrected chi connectivity index (χ4v) is 4.42. The Labute approximate surface area is 244 Å². The summed E-state index contributed by atoms with van der Waals surface area (Å²) in [5, 5.41) is 7.80. The van der Waals surface area contributed by atoms with Crippen LogP contribution in [0, 0.1) is 17.5 Å². The van der Waals surface area contributed by atoms with Gasteiger partial charge >= 0.3 is 11.4 Å². The van der Waals surface area contributed by atoms with Gasteiger partial charge in [0.2, 0.25) is 11.9 Å².